The van der Waals surface area contributed by atoms with Crippen molar-refractivity contribution in [1.29, 1.82) is 0 Å². The second kappa shape index (κ2) is 6.74. The summed E-state index contributed by atoms with van der Waals surface area (Å²) < 4.78 is 0. The van der Waals surface area contributed by atoms with Crippen molar-refractivity contribution in [2.75, 3.05) is 0 Å². The van der Waals surface area contributed by atoms with Crippen molar-refractivity contribution in [2.24, 2.45) is 0 Å². The molecule has 0 bridgehead atoms. The van der Waals surface area contributed by atoms with Crippen LogP contribution in [0.5, 0.6) is 0 Å². The van der Waals surface area contributed by atoms with Gasteiger partial charge >= 0.3 is 0 Å². The number of rotatable bonds is 5. The number of benzene rings is 2. The first-order valence-electron chi connectivity index (χ1n) is 7.90. The van der Waals surface area contributed by atoms with Gasteiger partial charge in [0.15, 0.2) is 0 Å². The Morgan fingerprint density at radius 3 is 2.35 bits per heavy atom. The monoisotopic (exact) mass is 263 g/mol. The average Bonchev–Trinajstić information content (AvgIpc) is 2.53. The van der Waals surface area contributed by atoms with Crippen LogP contribution in [0.3, 0.4) is 0 Å². The maximum atomic E-state index is 2.32. The van der Waals surface area contributed by atoms with Crippen LogP contribution in [-0.4, -0.2) is 0 Å². The zero-order chi connectivity index (χ0) is 13.6. The SMILES string of the molecule is c1ccc(CCCC[C]2CCCc3ccccc32)cc1. The molecule has 1 aliphatic rings. The van der Waals surface area contributed by atoms with Crippen molar-refractivity contribution in [3.05, 3.63) is 77.2 Å². The van der Waals surface area contributed by atoms with E-state index in [1.807, 2.05) is 0 Å². The third-order valence-corrected chi connectivity index (χ3v) is 4.36. The highest BCUT2D eigenvalue weighted by Crippen LogP contribution is 2.34. The van der Waals surface area contributed by atoms with Gasteiger partial charge in [0, 0.05) is 5.92 Å². The van der Waals surface area contributed by atoms with Crippen LogP contribution in [0.1, 0.15) is 48.8 Å². The van der Waals surface area contributed by atoms with Gasteiger partial charge in [0.05, 0.1) is 0 Å². The van der Waals surface area contributed by atoms with E-state index < -0.39 is 0 Å². The molecule has 1 radical (unpaired) electrons. The highest BCUT2D eigenvalue weighted by atomic mass is 14.2. The third-order valence-electron chi connectivity index (χ3n) is 4.36. The van der Waals surface area contributed by atoms with E-state index in [1.54, 1.807) is 17.0 Å². The molecule has 0 heteroatoms. The van der Waals surface area contributed by atoms with Crippen LogP contribution >= 0.6 is 0 Å². The van der Waals surface area contributed by atoms with Crippen LogP contribution < -0.4 is 0 Å². The Morgan fingerprint density at radius 1 is 0.700 bits per heavy atom. The fraction of sp³-hybridized carbons (Fsp3) is 0.350. The third kappa shape index (κ3) is 3.30. The molecular formula is C20H23. The minimum absolute atomic E-state index is 1.22. The number of fused-ring (bicyclic) bond motifs is 1. The molecule has 1 aliphatic carbocycles. The smallest absolute Gasteiger partial charge is 0.00527 e. The molecule has 0 heterocycles. The Hall–Kier alpha value is -1.56. The Balaban J connectivity index is 1.50. The van der Waals surface area contributed by atoms with Gasteiger partial charge in [-0.05, 0) is 55.2 Å². The first kappa shape index (κ1) is 13.4. The van der Waals surface area contributed by atoms with Crippen molar-refractivity contribution in [3.63, 3.8) is 0 Å². The van der Waals surface area contributed by atoms with Gasteiger partial charge in [0.1, 0.15) is 0 Å². The van der Waals surface area contributed by atoms with E-state index >= 15 is 0 Å². The molecule has 103 valence electrons. The van der Waals surface area contributed by atoms with Gasteiger partial charge < -0.3 is 0 Å². The van der Waals surface area contributed by atoms with Crippen molar-refractivity contribution in [3.8, 4) is 0 Å². The lowest BCUT2D eigenvalue weighted by Gasteiger charge is -2.24. The Kier molecular flexibility index (Phi) is 4.53. The van der Waals surface area contributed by atoms with Crippen LogP contribution in [-0.2, 0) is 12.8 Å². The summed E-state index contributed by atoms with van der Waals surface area (Å²) in [6.45, 7) is 0. The minimum Gasteiger partial charge on any atom is -0.0622 e. The summed E-state index contributed by atoms with van der Waals surface area (Å²) in [4.78, 5) is 0. The number of hydrogen-bond acceptors (Lipinski definition) is 0. The van der Waals surface area contributed by atoms with E-state index in [9.17, 15) is 0 Å². The molecule has 0 saturated heterocycles. The Morgan fingerprint density at radius 2 is 1.45 bits per heavy atom. The van der Waals surface area contributed by atoms with Gasteiger partial charge in [0.25, 0.3) is 0 Å². The van der Waals surface area contributed by atoms with Crippen LogP contribution in [0.25, 0.3) is 0 Å². The molecule has 0 nitrogen and oxygen atoms in total. The molecule has 0 fully saturated rings. The molecule has 0 N–H and O–H groups in total. The van der Waals surface area contributed by atoms with E-state index in [0.717, 1.165) is 0 Å². The van der Waals surface area contributed by atoms with Crippen molar-refractivity contribution >= 4 is 0 Å². The molecule has 0 saturated carbocycles. The second-order valence-electron chi connectivity index (χ2n) is 5.81. The first-order chi connectivity index (χ1) is 9.93. The van der Waals surface area contributed by atoms with E-state index in [1.165, 1.54) is 50.5 Å². The highest BCUT2D eigenvalue weighted by Gasteiger charge is 2.19. The number of hydrogen-bond donors (Lipinski definition) is 0. The van der Waals surface area contributed by atoms with Crippen LogP contribution in [0, 0.1) is 5.92 Å². The summed E-state index contributed by atoms with van der Waals surface area (Å²) in [5, 5.41) is 0. The zero-order valence-corrected chi connectivity index (χ0v) is 12.1. The van der Waals surface area contributed by atoms with E-state index in [4.69, 9.17) is 0 Å². The predicted octanol–water partition coefficient (Wildman–Crippen LogP) is 5.36. The first-order valence-corrected chi connectivity index (χ1v) is 7.90. The van der Waals surface area contributed by atoms with Crippen molar-refractivity contribution in [2.45, 2.75) is 44.9 Å². The predicted molar refractivity (Wildman–Crippen MR) is 85.7 cm³/mol. The lowest BCUT2D eigenvalue weighted by atomic mass is 9.80. The topological polar surface area (TPSA) is 0 Å². The molecule has 3 rings (SSSR count). The van der Waals surface area contributed by atoms with Gasteiger partial charge in [-0.3, -0.25) is 0 Å². The molecule has 20 heavy (non-hydrogen) atoms. The van der Waals surface area contributed by atoms with Crippen molar-refractivity contribution in [1.82, 2.24) is 0 Å². The molecule has 0 unspecified atom stereocenters. The Bertz CT molecular complexity index is 527. The van der Waals surface area contributed by atoms with Gasteiger partial charge in [0.2, 0.25) is 0 Å². The van der Waals surface area contributed by atoms with Crippen molar-refractivity contribution < 1.29 is 0 Å². The molecule has 0 aliphatic heterocycles. The summed E-state index contributed by atoms with van der Waals surface area (Å²) in [6, 6.07) is 19.8. The summed E-state index contributed by atoms with van der Waals surface area (Å²) in [6.07, 6.45) is 9.03. The summed E-state index contributed by atoms with van der Waals surface area (Å²) in [5.41, 5.74) is 4.59. The number of unbranched alkanes of at least 4 members (excludes halogenated alkanes) is 1. The lowest BCUT2D eigenvalue weighted by molar-refractivity contribution is 0.619. The standard InChI is InChI=1S/C20H23/c1-2-9-17(10-3-1)11-4-5-12-18-14-8-15-19-13-6-7-16-20(18)19/h1-3,6-7,9-10,13,16H,4-5,8,11-12,14-15H2. The average molecular weight is 263 g/mol. The lowest BCUT2D eigenvalue weighted by Crippen LogP contribution is -2.10. The summed E-state index contributed by atoms with van der Waals surface area (Å²) >= 11 is 0. The van der Waals surface area contributed by atoms with E-state index in [0.29, 0.717) is 0 Å². The quantitative estimate of drug-likeness (QED) is 0.637. The van der Waals surface area contributed by atoms with E-state index in [-0.39, 0.29) is 0 Å². The molecule has 0 atom stereocenters. The molecule has 2 aromatic rings. The second-order valence-corrected chi connectivity index (χ2v) is 5.81. The number of aryl methyl sites for hydroxylation is 2. The normalized spacial score (nSPS) is 15.0. The van der Waals surface area contributed by atoms with Crippen LogP contribution in [0.2, 0.25) is 0 Å². The minimum atomic E-state index is 1.22. The summed E-state index contributed by atoms with van der Waals surface area (Å²) in [5.74, 6) is 1.69. The Labute approximate surface area is 122 Å². The largest absolute Gasteiger partial charge is 0.0622 e. The van der Waals surface area contributed by atoms with Crippen LogP contribution in [0.15, 0.2) is 54.6 Å². The van der Waals surface area contributed by atoms with Gasteiger partial charge in [-0.2, -0.15) is 0 Å². The molecule has 0 amide bonds. The maximum absolute atomic E-state index is 2.32. The van der Waals surface area contributed by atoms with Gasteiger partial charge in [-0.15, -0.1) is 0 Å². The molecule has 0 aromatic heterocycles. The van der Waals surface area contributed by atoms with Crippen LogP contribution in [0.4, 0.5) is 0 Å². The van der Waals surface area contributed by atoms with Gasteiger partial charge in [-0.25, -0.2) is 0 Å². The fourth-order valence-corrected chi connectivity index (χ4v) is 3.28. The van der Waals surface area contributed by atoms with Gasteiger partial charge in [-0.1, -0.05) is 61.0 Å². The zero-order valence-electron chi connectivity index (χ0n) is 12.1. The fourth-order valence-electron chi connectivity index (χ4n) is 3.28. The highest BCUT2D eigenvalue weighted by molar-refractivity contribution is 5.40. The molecular weight excluding hydrogens is 240 g/mol. The molecule has 0 spiro atoms. The molecule has 2 aromatic carbocycles. The maximum Gasteiger partial charge on any atom is 0.00527 e. The van der Waals surface area contributed by atoms with E-state index in [2.05, 4.69) is 54.6 Å². The summed E-state index contributed by atoms with van der Waals surface area (Å²) in [7, 11) is 0.